The van der Waals surface area contributed by atoms with Gasteiger partial charge in [-0.2, -0.15) is 0 Å². The zero-order valence-electron chi connectivity index (χ0n) is 9.05. The second-order valence-electron chi connectivity index (χ2n) is 4.09. The van der Waals surface area contributed by atoms with Gasteiger partial charge in [0.25, 0.3) is 0 Å². The summed E-state index contributed by atoms with van der Waals surface area (Å²) in [6, 6.07) is 15.3. The van der Waals surface area contributed by atoms with E-state index in [1.165, 1.54) is 5.56 Å². The van der Waals surface area contributed by atoms with Crippen molar-refractivity contribution in [3.8, 4) is 0 Å². The highest BCUT2D eigenvalue weighted by atomic mass is 16.4. The minimum atomic E-state index is -0.890. The third kappa shape index (κ3) is 1.56. The van der Waals surface area contributed by atoms with Crippen molar-refractivity contribution in [1.29, 1.82) is 0 Å². The quantitative estimate of drug-likeness (QED) is 0.826. The van der Waals surface area contributed by atoms with Gasteiger partial charge in [-0.3, -0.25) is 0 Å². The molecule has 0 fully saturated rings. The Balaban J connectivity index is 1.90. The molecule has 0 saturated heterocycles. The van der Waals surface area contributed by atoms with E-state index in [0.29, 0.717) is 5.56 Å². The third-order valence-electron chi connectivity index (χ3n) is 3.06. The first-order valence-electron chi connectivity index (χ1n) is 5.44. The molecule has 3 heteroatoms. The summed E-state index contributed by atoms with van der Waals surface area (Å²) >= 11 is 0. The van der Waals surface area contributed by atoms with Crippen molar-refractivity contribution in [2.75, 3.05) is 5.32 Å². The first kappa shape index (κ1) is 9.90. The van der Waals surface area contributed by atoms with Gasteiger partial charge in [0.15, 0.2) is 0 Å². The summed E-state index contributed by atoms with van der Waals surface area (Å²) in [4.78, 5) is 10.7. The van der Waals surface area contributed by atoms with E-state index in [9.17, 15) is 4.79 Å². The first-order valence-corrected chi connectivity index (χ1v) is 5.44. The predicted molar refractivity (Wildman–Crippen MR) is 65.3 cm³/mol. The van der Waals surface area contributed by atoms with E-state index >= 15 is 0 Å². The molecule has 0 aromatic heterocycles. The van der Waals surface area contributed by atoms with Gasteiger partial charge in [-0.05, 0) is 23.8 Å². The molecule has 0 saturated carbocycles. The summed E-state index contributed by atoms with van der Waals surface area (Å²) in [6.07, 6.45) is 0. The Morgan fingerprint density at radius 2 is 1.76 bits per heavy atom. The van der Waals surface area contributed by atoms with Crippen molar-refractivity contribution in [2.24, 2.45) is 0 Å². The van der Waals surface area contributed by atoms with Gasteiger partial charge in [0.1, 0.15) is 0 Å². The monoisotopic (exact) mass is 225 g/mol. The predicted octanol–water partition coefficient (Wildman–Crippen LogP) is 2.90. The van der Waals surface area contributed by atoms with Gasteiger partial charge < -0.3 is 10.4 Å². The van der Waals surface area contributed by atoms with Crippen molar-refractivity contribution in [2.45, 2.75) is 6.04 Å². The lowest BCUT2D eigenvalue weighted by Gasteiger charge is -2.32. The molecule has 1 aliphatic heterocycles. The number of hydrogen-bond acceptors (Lipinski definition) is 2. The van der Waals surface area contributed by atoms with Crippen molar-refractivity contribution in [1.82, 2.24) is 0 Å². The van der Waals surface area contributed by atoms with Crippen molar-refractivity contribution in [3.05, 3.63) is 65.2 Å². The highest BCUT2D eigenvalue weighted by Crippen LogP contribution is 2.39. The normalized spacial score (nSPS) is 16.6. The average Bonchev–Trinajstić information content (AvgIpc) is 2.31. The van der Waals surface area contributed by atoms with Crippen LogP contribution in [-0.2, 0) is 0 Å². The van der Waals surface area contributed by atoms with Crippen LogP contribution in [0.5, 0.6) is 0 Å². The number of anilines is 1. The van der Waals surface area contributed by atoms with E-state index in [0.717, 1.165) is 11.3 Å². The second-order valence-corrected chi connectivity index (χ2v) is 4.09. The van der Waals surface area contributed by atoms with Crippen LogP contribution in [0.1, 0.15) is 27.5 Å². The smallest absolute Gasteiger partial charge is 0.335 e. The third-order valence-corrected chi connectivity index (χ3v) is 3.06. The number of benzene rings is 2. The van der Waals surface area contributed by atoms with Gasteiger partial charge in [0, 0.05) is 11.3 Å². The fourth-order valence-electron chi connectivity index (χ4n) is 2.12. The van der Waals surface area contributed by atoms with Crippen LogP contribution in [0.25, 0.3) is 0 Å². The molecule has 0 spiro atoms. The van der Waals surface area contributed by atoms with Crippen molar-refractivity contribution in [3.63, 3.8) is 0 Å². The number of rotatable bonds is 2. The summed E-state index contributed by atoms with van der Waals surface area (Å²) in [6.45, 7) is 0. The molecule has 0 bridgehead atoms. The Bertz CT molecular complexity index is 575. The van der Waals surface area contributed by atoms with Gasteiger partial charge in [-0.25, -0.2) is 4.79 Å². The molecule has 1 atom stereocenters. The van der Waals surface area contributed by atoms with Crippen LogP contribution in [0.3, 0.4) is 0 Å². The van der Waals surface area contributed by atoms with E-state index in [1.807, 2.05) is 30.3 Å². The molecule has 2 N–H and O–H groups in total. The molecular formula is C14H11NO2. The summed E-state index contributed by atoms with van der Waals surface area (Å²) in [5, 5.41) is 12.2. The minimum Gasteiger partial charge on any atom is -0.478 e. The number of carboxylic acid groups (broad SMARTS) is 1. The maximum atomic E-state index is 10.7. The second kappa shape index (κ2) is 3.63. The average molecular weight is 225 g/mol. The van der Waals surface area contributed by atoms with Crippen LogP contribution in [0.2, 0.25) is 0 Å². The number of para-hydroxylation sites is 1. The van der Waals surface area contributed by atoms with Crippen molar-refractivity contribution >= 4 is 11.7 Å². The lowest BCUT2D eigenvalue weighted by atomic mass is 9.90. The van der Waals surface area contributed by atoms with E-state index in [-0.39, 0.29) is 6.04 Å². The largest absolute Gasteiger partial charge is 0.478 e. The minimum absolute atomic E-state index is 0.189. The molecule has 17 heavy (non-hydrogen) atoms. The standard InChI is InChI=1S/C14H11NO2/c16-14(17)10-7-5-9(6-8-10)13-11-3-1-2-4-12(11)15-13/h1-8,13,15H,(H,16,17). The summed E-state index contributed by atoms with van der Waals surface area (Å²) < 4.78 is 0. The maximum absolute atomic E-state index is 10.7. The highest BCUT2D eigenvalue weighted by molar-refractivity contribution is 5.87. The molecule has 1 unspecified atom stereocenters. The number of fused-ring (bicyclic) bond motifs is 1. The summed E-state index contributed by atoms with van der Waals surface area (Å²) in [5.74, 6) is -0.890. The van der Waals surface area contributed by atoms with Crippen LogP contribution in [0.15, 0.2) is 48.5 Å². The van der Waals surface area contributed by atoms with E-state index in [4.69, 9.17) is 5.11 Å². The zero-order valence-corrected chi connectivity index (χ0v) is 9.05. The Hall–Kier alpha value is -2.29. The Labute approximate surface area is 98.7 Å². The van der Waals surface area contributed by atoms with Crippen LogP contribution in [0, 0.1) is 0 Å². The molecule has 3 rings (SSSR count). The molecule has 1 heterocycles. The number of carbonyl (C=O) groups is 1. The van der Waals surface area contributed by atoms with Crippen molar-refractivity contribution < 1.29 is 9.90 Å². The van der Waals surface area contributed by atoms with Crippen LogP contribution < -0.4 is 5.32 Å². The fraction of sp³-hybridized carbons (Fsp3) is 0.0714. The molecule has 1 aliphatic rings. The number of hydrogen-bond donors (Lipinski definition) is 2. The molecule has 0 aliphatic carbocycles. The van der Waals surface area contributed by atoms with Crippen LogP contribution in [-0.4, -0.2) is 11.1 Å². The molecule has 2 aromatic carbocycles. The van der Waals surface area contributed by atoms with Gasteiger partial charge in [0.05, 0.1) is 11.6 Å². The summed E-state index contributed by atoms with van der Waals surface area (Å²) in [5.41, 5.74) is 3.82. The number of carboxylic acids is 1. The van der Waals surface area contributed by atoms with Crippen LogP contribution >= 0.6 is 0 Å². The van der Waals surface area contributed by atoms with Gasteiger partial charge >= 0.3 is 5.97 Å². The molecule has 2 aromatic rings. The van der Waals surface area contributed by atoms with E-state index in [1.54, 1.807) is 12.1 Å². The Morgan fingerprint density at radius 3 is 2.41 bits per heavy atom. The first-order chi connectivity index (χ1) is 8.25. The molecular weight excluding hydrogens is 214 g/mol. The topological polar surface area (TPSA) is 49.3 Å². The lowest BCUT2D eigenvalue weighted by molar-refractivity contribution is 0.0697. The van der Waals surface area contributed by atoms with Crippen LogP contribution in [0.4, 0.5) is 5.69 Å². The zero-order chi connectivity index (χ0) is 11.8. The van der Waals surface area contributed by atoms with E-state index in [2.05, 4.69) is 11.4 Å². The van der Waals surface area contributed by atoms with E-state index < -0.39 is 5.97 Å². The Kier molecular flexibility index (Phi) is 2.11. The molecule has 84 valence electrons. The van der Waals surface area contributed by atoms with Gasteiger partial charge in [-0.1, -0.05) is 30.3 Å². The Morgan fingerprint density at radius 1 is 1.06 bits per heavy atom. The molecule has 0 amide bonds. The molecule has 3 nitrogen and oxygen atoms in total. The number of aromatic carboxylic acids is 1. The lowest BCUT2D eigenvalue weighted by Crippen LogP contribution is -2.23. The summed E-state index contributed by atoms with van der Waals surface area (Å²) in [7, 11) is 0. The highest BCUT2D eigenvalue weighted by Gasteiger charge is 2.25. The number of nitrogens with one attached hydrogen (secondary N) is 1. The fourth-order valence-corrected chi connectivity index (χ4v) is 2.12. The van der Waals surface area contributed by atoms with Gasteiger partial charge in [-0.15, -0.1) is 0 Å². The maximum Gasteiger partial charge on any atom is 0.335 e. The van der Waals surface area contributed by atoms with Gasteiger partial charge in [0.2, 0.25) is 0 Å². The SMILES string of the molecule is O=C(O)c1ccc(C2Nc3ccccc32)cc1. The molecule has 0 radical (unpaired) electrons.